The summed E-state index contributed by atoms with van der Waals surface area (Å²) in [5.41, 5.74) is 101. The maximum atomic E-state index is 15.1. The Labute approximate surface area is 733 Å². The van der Waals surface area contributed by atoms with Crippen LogP contribution in [0.1, 0.15) is 103 Å². The zero-order chi connectivity index (χ0) is 95.6. The summed E-state index contributed by atoms with van der Waals surface area (Å²) < 4.78 is 42.5. The first-order valence-corrected chi connectivity index (χ1v) is 45.7. The Kier molecular flexibility index (Phi) is 52.6. The molecule has 2 saturated heterocycles. The van der Waals surface area contributed by atoms with Crippen molar-refractivity contribution in [1.29, 1.82) is 0 Å². The van der Waals surface area contributed by atoms with Gasteiger partial charge in [-0.3, -0.25) is 116 Å². The number of rotatable bonds is 58. The number of hydrazine groups is 1. The molecule has 0 radical (unpaired) electrons. The Morgan fingerprint density at radius 3 is 0.827 bits per heavy atom. The van der Waals surface area contributed by atoms with Gasteiger partial charge in [-0.05, 0) is 103 Å². The smallest absolute Gasteiger partial charge is 0.339 e. The van der Waals surface area contributed by atoms with Gasteiger partial charge in [-0.15, -0.1) is 0 Å². The first-order chi connectivity index (χ1) is 59.5. The maximum Gasteiger partial charge on any atom is 0.339 e. The third-order valence-electron chi connectivity index (χ3n) is 18.4. The van der Waals surface area contributed by atoms with Crippen molar-refractivity contribution in [2.45, 2.75) is 164 Å². The van der Waals surface area contributed by atoms with E-state index in [1.54, 1.807) is 0 Å². The molecule has 0 aromatic carbocycles. The number of carbonyl (C=O) groups is 10. The Balaban J connectivity index is 2.82. The number of ketones is 1. The van der Waals surface area contributed by atoms with Gasteiger partial charge in [0.1, 0.15) is 67.4 Å². The molecule has 2 aliphatic heterocycles. The lowest BCUT2D eigenvalue weighted by molar-refractivity contribution is -0.182. The van der Waals surface area contributed by atoms with Crippen molar-refractivity contribution < 1.29 is 95.7 Å². The van der Waals surface area contributed by atoms with E-state index < -0.39 is 169 Å². The van der Waals surface area contributed by atoms with Crippen LogP contribution >= 0.6 is 22.8 Å². The molecule has 62 heteroatoms. The number of aliphatic imine (C=N–C) groups is 8. The average Bonchev–Trinajstić information content (AvgIpc) is 0.823. The predicted octanol–water partition coefficient (Wildman–Crippen LogP) is -14.8. The number of carbonyl (C=O) groups excluding carboxylic acids is 10. The number of nitrogens with one attached hydrogen (secondary N) is 10. The molecular formula is C65H133N39O20P3-. The van der Waals surface area contributed by atoms with E-state index in [9.17, 15) is 71.8 Å². The van der Waals surface area contributed by atoms with Crippen LogP contribution in [0.4, 0.5) is 0 Å². The Bertz CT molecular complexity index is 3860. The van der Waals surface area contributed by atoms with Gasteiger partial charge >= 0.3 is 22.8 Å². The van der Waals surface area contributed by atoms with Crippen LogP contribution in [0.2, 0.25) is 0 Å². The second kappa shape index (κ2) is 59.4. The quantitative estimate of drug-likeness (QED) is 0.00884. The van der Waals surface area contributed by atoms with E-state index in [4.69, 9.17) is 102 Å². The predicted molar refractivity (Wildman–Crippen MR) is 471 cm³/mol. The molecule has 724 valence electrons. The number of Topliss-reactive ketones (excluding diaryl/α,β-unsaturated/α-hetero) is 1. The summed E-state index contributed by atoms with van der Waals surface area (Å²) in [5, 5.41) is 21.9. The molecule has 0 bridgehead atoms. The number of ether oxygens (including phenoxy) is 1. The molecule has 0 spiro atoms. The van der Waals surface area contributed by atoms with E-state index in [1.165, 1.54) is 19.6 Å². The number of aldehydes is 1. The minimum Gasteiger partial charge on any atom is -0.645 e. The summed E-state index contributed by atoms with van der Waals surface area (Å²) >= 11 is 0. The van der Waals surface area contributed by atoms with E-state index in [0.717, 1.165) is 5.01 Å². The second-order valence-corrected chi connectivity index (χ2v) is 34.3. The fraction of sp³-hybridized carbons (Fsp3) is 0.723. The molecule has 59 nitrogen and oxygen atoms in total. The first kappa shape index (κ1) is 112. The highest BCUT2D eigenvalue weighted by molar-refractivity contribution is 7.52. The third-order valence-corrected chi connectivity index (χ3v) is 20.7. The molecular weight excluding hydrogens is 1740 g/mol. The van der Waals surface area contributed by atoms with E-state index in [2.05, 4.69) is 87.9 Å². The van der Waals surface area contributed by atoms with Crippen molar-refractivity contribution in [3.05, 3.63) is 5.73 Å². The van der Waals surface area contributed by atoms with Crippen LogP contribution in [0.15, 0.2) is 39.9 Å². The topological polar surface area (TPSA) is 1020 Å². The molecule has 2 fully saturated rings. The van der Waals surface area contributed by atoms with Crippen LogP contribution in [0.5, 0.6) is 0 Å². The van der Waals surface area contributed by atoms with E-state index >= 15 is 19.2 Å². The van der Waals surface area contributed by atoms with E-state index in [1.807, 2.05) is 0 Å². The van der Waals surface area contributed by atoms with Crippen molar-refractivity contribution in [2.75, 3.05) is 137 Å². The molecule has 2 heterocycles. The summed E-state index contributed by atoms with van der Waals surface area (Å²) in [5.74, 6) is -11.3. The number of nitrogens with two attached hydrogens (primary N) is 16. The number of amides is 8. The van der Waals surface area contributed by atoms with Gasteiger partial charge in [0.15, 0.2) is 53.5 Å². The van der Waals surface area contributed by atoms with E-state index in [-0.39, 0.29) is 255 Å². The molecule has 0 aliphatic carbocycles. The SMILES string of the molecule is [NH-]C1OC(NC(=O)CN2CCN(CP(=O)(O)O)CCN(CP(=O)(O)O)CCN(CP(=O)(O)O)CC2)N(N[C@H](CCCN=C(N)N)C(=O)N[C@@H](CCCN=C(N)N)C(=O)N[C@H](CCCN=C(N)N)C(=O)N[C@@H](CCCN=C(N)N)C(=O)N[C@H](CCCN=C(N)N)C(=O)N[C@H](CCCN=C(N)N)C(=O)N[C@H](CCCN=C(N)N)C(=O)N[C@H](C=O)CCCN=C(N)N)CC1=O. The first-order valence-electron chi connectivity index (χ1n) is 40.3. The molecule has 2 rings (SSSR count). The van der Waals surface area contributed by atoms with Crippen molar-refractivity contribution in [2.24, 2.45) is 132 Å². The van der Waals surface area contributed by atoms with Gasteiger partial charge in [-0.1, -0.05) is 0 Å². The number of hydrogen-bond donors (Lipinski definition) is 31. The van der Waals surface area contributed by atoms with Gasteiger partial charge in [0.25, 0.3) is 0 Å². The average molecular weight is 1870 g/mol. The van der Waals surface area contributed by atoms with E-state index in [0.29, 0.717) is 6.29 Å². The van der Waals surface area contributed by atoms with Crippen LogP contribution in [-0.4, -0.2) is 359 Å². The van der Waals surface area contributed by atoms with Crippen LogP contribution in [-0.2, 0) is 66.4 Å². The van der Waals surface area contributed by atoms with Gasteiger partial charge in [0, 0.05) is 111 Å². The molecule has 0 aromatic heterocycles. The Morgan fingerprint density at radius 2 is 0.591 bits per heavy atom. The molecule has 2 aliphatic rings. The van der Waals surface area contributed by atoms with Crippen LogP contribution in [0.3, 0.4) is 0 Å². The molecule has 10 atom stereocenters. The van der Waals surface area contributed by atoms with Crippen molar-refractivity contribution >= 4 is 130 Å². The summed E-state index contributed by atoms with van der Waals surface area (Å²) in [4.78, 5) is 241. The van der Waals surface area contributed by atoms with Gasteiger partial charge in [0.05, 0.1) is 19.1 Å². The minimum atomic E-state index is -4.80. The van der Waals surface area contributed by atoms with Gasteiger partial charge in [-0.2, -0.15) is 5.01 Å². The van der Waals surface area contributed by atoms with Gasteiger partial charge in [-0.25, -0.2) is 5.43 Å². The summed E-state index contributed by atoms with van der Waals surface area (Å²) in [6.07, 6.45) is -7.21. The molecule has 0 aromatic rings. The second-order valence-electron chi connectivity index (χ2n) is 29.5. The van der Waals surface area contributed by atoms with Crippen molar-refractivity contribution in [1.82, 2.24) is 72.6 Å². The molecule has 0 saturated carbocycles. The van der Waals surface area contributed by atoms with Crippen LogP contribution < -0.4 is 140 Å². The highest BCUT2D eigenvalue weighted by atomic mass is 31.2. The van der Waals surface area contributed by atoms with Gasteiger partial charge < -0.3 is 179 Å². The molecule has 48 N–H and O–H groups in total. The van der Waals surface area contributed by atoms with Crippen molar-refractivity contribution in [3.63, 3.8) is 0 Å². The highest BCUT2D eigenvalue weighted by Gasteiger charge is 2.39. The lowest BCUT2D eigenvalue weighted by Gasteiger charge is -2.42. The monoisotopic (exact) mass is 1870 g/mol. The molecule has 127 heavy (non-hydrogen) atoms. The lowest BCUT2D eigenvalue weighted by Crippen LogP contribution is -2.67. The Morgan fingerprint density at radius 1 is 0.370 bits per heavy atom. The summed E-state index contributed by atoms with van der Waals surface area (Å²) in [7, 11) is -14.3. The normalized spacial score (nSPS) is 17.2. The standard InChI is InChI=1S/C65H133N39O20P3/c66-49-47(106)33-104(65(124-49)98-48(107)34-100-25-27-101(36-125(115,116)117)29-31-103(38-127(121,122)123)32-30-102(28-26-100)37-126(118,119)120)99-46(16-8-24-90-64(81)82)56(114)97-45(15-7-23-89-63(79)80)55(113)96-44(14-6-22-88-62(77)78)54(112)95-43(13-5-21-87-61(75)76)53(111)94-42(12-4-20-86-60(73)74)52(110)93-41(11-3-19-85-59(71)72)51(109)92-40(10-2-18-84-58(69)70)50(108)91-39(35-105)9-1-17-83-57(67)68/h35,39-46,49,65-66,99H,1-34,36-38H2,(H,91,108)(H,92,109)(H,93,110)(H,94,111)(H,95,112)(H,96,113)(H,97,114)(H,98,107)(H4,67,68,83)(H4,69,70,84)(H4,71,72,85)(H4,73,74,86)(H4,75,76,87)(H4,77,78,88)(H4,79,80,89)(H4,81,82,90)(H2,115,116,117)(H2,118,119,120)(H2,121,122,123)/q-1/t39-,40+,41+,42+,43-,44+,45-,46+,49?,65?/m0/s1. The third kappa shape index (κ3) is 53.6. The fourth-order valence-corrected chi connectivity index (χ4v) is 14.8. The zero-order valence-corrected chi connectivity index (χ0v) is 73.5. The van der Waals surface area contributed by atoms with Crippen LogP contribution in [0, 0.1) is 0 Å². The summed E-state index contributed by atoms with van der Waals surface area (Å²) in [6, 6.07) is -12.2. The van der Waals surface area contributed by atoms with Crippen molar-refractivity contribution in [3.8, 4) is 0 Å². The minimum absolute atomic E-state index is 0.00828. The highest BCUT2D eigenvalue weighted by Crippen LogP contribution is 2.38. The molecule has 2 unspecified atom stereocenters. The summed E-state index contributed by atoms with van der Waals surface area (Å²) in [6.45, 7) is -3.40. The number of hydrogen-bond acceptors (Lipinski definition) is 28. The van der Waals surface area contributed by atoms with Crippen LogP contribution in [0.25, 0.3) is 5.73 Å². The zero-order valence-electron chi connectivity index (χ0n) is 70.8. The molecule has 8 amide bonds. The van der Waals surface area contributed by atoms with Gasteiger partial charge in [0.2, 0.25) is 53.6 Å². The number of nitrogens with zero attached hydrogens (tertiary/aromatic N) is 13. The number of guanidine groups is 8. The lowest BCUT2D eigenvalue weighted by atomic mass is 10.0. The Hall–Kier alpha value is -10.6. The fourth-order valence-electron chi connectivity index (χ4n) is 12.4. The largest absolute Gasteiger partial charge is 0.645 e. The maximum absolute atomic E-state index is 15.1.